The highest BCUT2D eigenvalue weighted by Crippen LogP contribution is 2.30. The van der Waals surface area contributed by atoms with Crippen LogP contribution in [0, 0.1) is 0 Å². The molecule has 0 aliphatic heterocycles. The van der Waals surface area contributed by atoms with Gasteiger partial charge in [0.15, 0.2) is 29.0 Å². The number of guanidine groups is 1. The summed E-state index contributed by atoms with van der Waals surface area (Å²) < 4.78 is 21.9. The maximum Gasteiger partial charge on any atom is 0.195 e. The van der Waals surface area contributed by atoms with Gasteiger partial charge in [-0.2, -0.15) is 0 Å². The molecule has 0 fully saturated rings. The minimum absolute atomic E-state index is 0.579. The molecule has 2 aromatic carbocycles. The summed E-state index contributed by atoms with van der Waals surface area (Å²) in [6.07, 6.45) is 0. The third-order valence-electron chi connectivity index (χ3n) is 3.94. The van der Waals surface area contributed by atoms with Crippen LogP contribution in [0.3, 0.4) is 0 Å². The van der Waals surface area contributed by atoms with E-state index in [-0.39, 0.29) is 0 Å². The summed E-state index contributed by atoms with van der Waals surface area (Å²) in [5.74, 6) is 3.46. The molecule has 0 spiro atoms. The molecule has 0 aliphatic carbocycles. The van der Waals surface area contributed by atoms with Crippen LogP contribution in [0.1, 0.15) is 19.4 Å². The molecular weight excluding hydrogens is 358 g/mol. The monoisotopic (exact) mass is 387 g/mol. The molecule has 7 heteroatoms. The molecular formula is C21H29N3O4. The molecule has 28 heavy (non-hydrogen) atoms. The summed E-state index contributed by atoms with van der Waals surface area (Å²) in [7, 11) is 4.97. The van der Waals surface area contributed by atoms with E-state index in [2.05, 4.69) is 15.6 Å². The number of hydrogen-bond donors (Lipinski definition) is 2. The zero-order chi connectivity index (χ0) is 20.4. The number of benzene rings is 2. The van der Waals surface area contributed by atoms with Crippen molar-refractivity contribution < 1.29 is 18.9 Å². The van der Waals surface area contributed by atoms with Gasteiger partial charge in [-0.15, -0.1) is 0 Å². The van der Waals surface area contributed by atoms with E-state index < -0.39 is 0 Å². The van der Waals surface area contributed by atoms with Crippen LogP contribution in [0.5, 0.6) is 23.0 Å². The molecule has 152 valence electrons. The third-order valence-corrected chi connectivity index (χ3v) is 3.94. The molecule has 2 rings (SSSR count). The lowest BCUT2D eigenvalue weighted by atomic mass is 10.2. The van der Waals surface area contributed by atoms with Gasteiger partial charge in [0.2, 0.25) is 0 Å². The van der Waals surface area contributed by atoms with Gasteiger partial charge in [0.05, 0.1) is 27.4 Å². The highest BCUT2D eigenvalue weighted by atomic mass is 16.5. The average molecular weight is 387 g/mol. The Kier molecular flexibility index (Phi) is 8.27. The number of rotatable bonds is 9. The van der Waals surface area contributed by atoms with Gasteiger partial charge in [-0.3, -0.25) is 4.99 Å². The van der Waals surface area contributed by atoms with Crippen LogP contribution in [-0.4, -0.2) is 40.4 Å². The fourth-order valence-corrected chi connectivity index (χ4v) is 2.62. The van der Waals surface area contributed by atoms with Crippen LogP contribution in [0.25, 0.3) is 0 Å². The van der Waals surface area contributed by atoms with Crippen LogP contribution in [-0.2, 0) is 6.54 Å². The molecule has 0 radical (unpaired) electrons. The number of methoxy groups -OCH3 is 2. The van der Waals surface area contributed by atoms with Crippen LogP contribution in [0.15, 0.2) is 41.4 Å². The van der Waals surface area contributed by atoms with Crippen molar-refractivity contribution in [2.24, 2.45) is 4.99 Å². The third kappa shape index (κ3) is 5.70. The quantitative estimate of drug-likeness (QED) is 0.505. The topological polar surface area (TPSA) is 73.3 Å². The van der Waals surface area contributed by atoms with Gasteiger partial charge in [-0.25, -0.2) is 0 Å². The second-order valence-electron chi connectivity index (χ2n) is 5.77. The maximum absolute atomic E-state index is 5.63. The minimum Gasteiger partial charge on any atom is -0.493 e. The second-order valence-corrected chi connectivity index (χ2v) is 5.77. The molecule has 2 N–H and O–H groups in total. The summed E-state index contributed by atoms with van der Waals surface area (Å²) in [5, 5.41) is 6.54. The predicted octanol–water partition coefficient (Wildman–Crippen LogP) is 3.69. The highest BCUT2D eigenvalue weighted by molar-refractivity contribution is 5.93. The Morgan fingerprint density at radius 3 is 2.18 bits per heavy atom. The lowest BCUT2D eigenvalue weighted by Crippen LogP contribution is -2.30. The summed E-state index contributed by atoms with van der Waals surface area (Å²) in [6.45, 7) is 5.63. The van der Waals surface area contributed by atoms with Gasteiger partial charge in [-0.1, -0.05) is 6.07 Å². The molecule has 0 saturated heterocycles. The van der Waals surface area contributed by atoms with Crippen molar-refractivity contribution in [1.82, 2.24) is 5.32 Å². The van der Waals surface area contributed by atoms with Crippen LogP contribution < -0.4 is 29.6 Å². The van der Waals surface area contributed by atoms with Crippen molar-refractivity contribution in [3.05, 3.63) is 42.0 Å². The largest absolute Gasteiger partial charge is 0.493 e. The number of nitrogens with zero attached hydrogens (tertiary/aromatic N) is 1. The van der Waals surface area contributed by atoms with E-state index in [4.69, 9.17) is 18.9 Å². The van der Waals surface area contributed by atoms with Gasteiger partial charge in [0, 0.05) is 25.3 Å². The van der Waals surface area contributed by atoms with Crippen molar-refractivity contribution in [1.29, 1.82) is 0 Å². The number of nitrogens with one attached hydrogen (secondary N) is 2. The molecule has 7 nitrogen and oxygen atoms in total. The first-order chi connectivity index (χ1) is 13.6. The Morgan fingerprint density at radius 1 is 0.857 bits per heavy atom. The fraction of sp³-hybridized carbons (Fsp3) is 0.381. The zero-order valence-corrected chi connectivity index (χ0v) is 17.2. The molecule has 0 aliphatic rings. The lowest BCUT2D eigenvalue weighted by Gasteiger charge is -2.15. The van der Waals surface area contributed by atoms with Crippen LogP contribution in [0.2, 0.25) is 0 Å². The van der Waals surface area contributed by atoms with E-state index >= 15 is 0 Å². The SMILES string of the molecule is CCOc1ccc(NC(=NC)NCc2ccc(OC)c(OCC)c2)cc1OC. The van der Waals surface area contributed by atoms with Crippen LogP contribution >= 0.6 is 0 Å². The zero-order valence-electron chi connectivity index (χ0n) is 17.2. The van der Waals surface area contributed by atoms with Gasteiger partial charge in [0.25, 0.3) is 0 Å². The Balaban J connectivity index is 2.04. The Bertz CT molecular complexity index is 793. The molecule has 0 unspecified atom stereocenters. The first kappa shape index (κ1) is 21.2. The van der Waals surface area contributed by atoms with E-state index in [1.165, 1.54) is 0 Å². The molecule has 2 aromatic rings. The summed E-state index contributed by atoms with van der Waals surface area (Å²) in [6, 6.07) is 11.5. The highest BCUT2D eigenvalue weighted by Gasteiger charge is 2.08. The van der Waals surface area contributed by atoms with E-state index in [0.717, 1.165) is 22.7 Å². The number of hydrogen-bond acceptors (Lipinski definition) is 5. The number of aliphatic imine (C=N–C) groups is 1. The maximum atomic E-state index is 5.63. The number of anilines is 1. The molecule has 0 saturated carbocycles. The average Bonchev–Trinajstić information content (AvgIpc) is 2.72. The van der Waals surface area contributed by atoms with Crippen molar-refractivity contribution >= 4 is 11.6 Å². The molecule has 0 aromatic heterocycles. The molecule has 0 bridgehead atoms. The van der Waals surface area contributed by atoms with Gasteiger partial charge in [0.1, 0.15) is 0 Å². The van der Waals surface area contributed by atoms with Crippen LogP contribution in [0.4, 0.5) is 5.69 Å². The lowest BCUT2D eigenvalue weighted by molar-refractivity contribution is 0.310. The van der Waals surface area contributed by atoms with E-state index in [1.54, 1.807) is 21.3 Å². The summed E-state index contributed by atoms with van der Waals surface area (Å²) in [5.41, 5.74) is 1.90. The van der Waals surface area contributed by atoms with Gasteiger partial charge in [-0.05, 0) is 43.7 Å². The predicted molar refractivity (Wildman–Crippen MR) is 112 cm³/mol. The van der Waals surface area contributed by atoms with E-state index in [9.17, 15) is 0 Å². The minimum atomic E-state index is 0.579. The second kappa shape index (κ2) is 10.9. The first-order valence-corrected chi connectivity index (χ1v) is 9.23. The van der Waals surface area contributed by atoms with Crippen molar-refractivity contribution in [3.63, 3.8) is 0 Å². The standard InChI is InChI=1S/C21H29N3O4/c1-6-27-18-11-9-16(13-19(18)26-5)24-21(22-3)23-14-15-8-10-17(25-4)20(12-15)28-7-2/h8-13H,6-7,14H2,1-5H3,(H2,22,23,24). The first-order valence-electron chi connectivity index (χ1n) is 9.23. The van der Waals surface area contributed by atoms with E-state index in [1.807, 2.05) is 50.2 Å². The fourth-order valence-electron chi connectivity index (χ4n) is 2.62. The molecule has 0 atom stereocenters. The molecule has 0 heterocycles. The normalized spacial score (nSPS) is 11.0. The van der Waals surface area contributed by atoms with Gasteiger partial charge < -0.3 is 29.6 Å². The van der Waals surface area contributed by atoms with Crippen molar-refractivity contribution in [3.8, 4) is 23.0 Å². The Hall–Kier alpha value is -3.09. The van der Waals surface area contributed by atoms with Crippen molar-refractivity contribution in [2.75, 3.05) is 39.8 Å². The smallest absolute Gasteiger partial charge is 0.195 e. The van der Waals surface area contributed by atoms with Gasteiger partial charge >= 0.3 is 0 Å². The number of ether oxygens (including phenoxy) is 4. The summed E-state index contributed by atoms with van der Waals surface area (Å²) in [4.78, 5) is 4.27. The Labute approximate surface area is 166 Å². The van der Waals surface area contributed by atoms with E-state index in [0.29, 0.717) is 37.2 Å². The Morgan fingerprint density at radius 2 is 1.54 bits per heavy atom. The molecule has 0 amide bonds. The van der Waals surface area contributed by atoms with Crippen molar-refractivity contribution in [2.45, 2.75) is 20.4 Å². The summed E-state index contributed by atoms with van der Waals surface area (Å²) >= 11 is 0.